The third kappa shape index (κ3) is 4.60. The molecule has 2 N–H and O–H groups in total. The third-order valence-electron chi connectivity index (χ3n) is 3.91. The van der Waals surface area contributed by atoms with Crippen LogP contribution in [0.4, 0.5) is 0 Å². The Labute approximate surface area is 121 Å². The molecule has 0 unspecified atom stereocenters. The van der Waals surface area contributed by atoms with E-state index in [2.05, 4.69) is 28.6 Å². The van der Waals surface area contributed by atoms with Crippen LogP contribution < -0.4 is 10.6 Å². The molecule has 0 radical (unpaired) electrons. The SMILES string of the molecule is CCc1cccnc1CNCC(=O)NC1CCCCC1. The summed E-state index contributed by atoms with van der Waals surface area (Å²) in [6.07, 6.45) is 8.83. The molecule has 1 heterocycles. The van der Waals surface area contributed by atoms with Crippen molar-refractivity contribution in [2.24, 2.45) is 0 Å². The summed E-state index contributed by atoms with van der Waals surface area (Å²) >= 11 is 0. The van der Waals surface area contributed by atoms with Crippen LogP contribution >= 0.6 is 0 Å². The summed E-state index contributed by atoms with van der Waals surface area (Å²) < 4.78 is 0. The van der Waals surface area contributed by atoms with E-state index in [4.69, 9.17) is 0 Å². The van der Waals surface area contributed by atoms with Gasteiger partial charge in [-0.15, -0.1) is 0 Å². The number of aryl methyl sites for hydroxylation is 1. The minimum atomic E-state index is 0.103. The van der Waals surface area contributed by atoms with E-state index in [1.54, 1.807) is 6.20 Å². The molecule has 0 saturated heterocycles. The lowest BCUT2D eigenvalue weighted by atomic mass is 9.95. The van der Waals surface area contributed by atoms with E-state index >= 15 is 0 Å². The molecule has 1 amide bonds. The molecule has 110 valence electrons. The zero-order valence-electron chi connectivity index (χ0n) is 12.3. The fourth-order valence-corrected chi connectivity index (χ4v) is 2.77. The lowest BCUT2D eigenvalue weighted by molar-refractivity contribution is -0.121. The standard InChI is InChI=1S/C16H25N3O/c1-2-13-7-6-10-18-15(13)11-17-12-16(20)19-14-8-4-3-5-9-14/h6-7,10,14,17H,2-5,8-9,11-12H2,1H3,(H,19,20). The molecule has 0 bridgehead atoms. The quantitative estimate of drug-likeness (QED) is 0.836. The normalized spacial score (nSPS) is 16.1. The maximum absolute atomic E-state index is 11.9. The topological polar surface area (TPSA) is 54.0 Å². The van der Waals surface area contributed by atoms with Crippen molar-refractivity contribution in [2.75, 3.05) is 6.54 Å². The first kappa shape index (κ1) is 15.0. The van der Waals surface area contributed by atoms with E-state index < -0.39 is 0 Å². The maximum Gasteiger partial charge on any atom is 0.234 e. The van der Waals surface area contributed by atoms with Gasteiger partial charge in [-0.25, -0.2) is 0 Å². The summed E-state index contributed by atoms with van der Waals surface area (Å²) in [4.78, 5) is 16.2. The number of nitrogens with zero attached hydrogens (tertiary/aromatic N) is 1. The Morgan fingerprint density at radius 2 is 2.15 bits per heavy atom. The minimum absolute atomic E-state index is 0.103. The van der Waals surface area contributed by atoms with Gasteiger partial charge in [0.1, 0.15) is 0 Å². The second-order valence-corrected chi connectivity index (χ2v) is 5.47. The van der Waals surface area contributed by atoms with Crippen molar-refractivity contribution < 1.29 is 4.79 Å². The number of pyridine rings is 1. The van der Waals surface area contributed by atoms with Crippen molar-refractivity contribution in [1.29, 1.82) is 0 Å². The molecule has 0 atom stereocenters. The number of hydrogen-bond donors (Lipinski definition) is 2. The molecule has 1 aliphatic rings. The van der Waals surface area contributed by atoms with Gasteiger partial charge in [0.15, 0.2) is 0 Å². The average molecular weight is 275 g/mol. The first-order chi connectivity index (χ1) is 9.79. The number of carbonyl (C=O) groups is 1. The number of amides is 1. The molecule has 1 fully saturated rings. The summed E-state index contributed by atoms with van der Waals surface area (Å²) in [7, 11) is 0. The number of aromatic nitrogens is 1. The van der Waals surface area contributed by atoms with E-state index in [9.17, 15) is 4.79 Å². The Morgan fingerprint density at radius 3 is 2.90 bits per heavy atom. The molecule has 20 heavy (non-hydrogen) atoms. The van der Waals surface area contributed by atoms with Crippen LogP contribution in [0.25, 0.3) is 0 Å². The van der Waals surface area contributed by atoms with Crippen molar-refractivity contribution in [2.45, 2.75) is 58.0 Å². The Hall–Kier alpha value is -1.42. The van der Waals surface area contributed by atoms with Crippen LogP contribution in [0.3, 0.4) is 0 Å². The van der Waals surface area contributed by atoms with Crippen LogP contribution in [0.1, 0.15) is 50.3 Å². The number of rotatable bonds is 6. The van der Waals surface area contributed by atoms with Gasteiger partial charge in [-0.3, -0.25) is 9.78 Å². The van der Waals surface area contributed by atoms with Crippen LogP contribution in [-0.4, -0.2) is 23.5 Å². The largest absolute Gasteiger partial charge is 0.352 e. The van der Waals surface area contributed by atoms with Crippen molar-refractivity contribution >= 4 is 5.91 Å². The van der Waals surface area contributed by atoms with Crippen molar-refractivity contribution in [3.8, 4) is 0 Å². The zero-order valence-corrected chi connectivity index (χ0v) is 12.3. The van der Waals surface area contributed by atoms with Gasteiger partial charge in [-0.1, -0.05) is 32.3 Å². The predicted octanol–water partition coefficient (Wildman–Crippen LogP) is 2.18. The second-order valence-electron chi connectivity index (χ2n) is 5.47. The molecule has 1 aromatic rings. The van der Waals surface area contributed by atoms with E-state index in [-0.39, 0.29) is 5.91 Å². The van der Waals surface area contributed by atoms with Gasteiger partial charge in [0, 0.05) is 18.8 Å². The molecule has 4 heteroatoms. The predicted molar refractivity (Wildman–Crippen MR) is 80.3 cm³/mol. The molecule has 1 saturated carbocycles. The smallest absolute Gasteiger partial charge is 0.234 e. The molecule has 1 aliphatic carbocycles. The Bertz CT molecular complexity index is 427. The maximum atomic E-state index is 11.9. The van der Waals surface area contributed by atoms with E-state index in [0.29, 0.717) is 19.1 Å². The summed E-state index contributed by atoms with van der Waals surface area (Å²) in [5.41, 5.74) is 2.29. The molecule has 0 aromatic carbocycles. The number of hydrogen-bond acceptors (Lipinski definition) is 3. The molecule has 1 aromatic heterocycles. The Morgan fingerprint density at radius 1 is 1.35 bits per heavy atom. The highest BCUT2D eigenvalue weighted by molar-refractivity contribution is 5.78. The van der Waals surface area contributed by atoms with E-state index in [0.717, 1.165) is 25.0 Å². The van der Waals surface area contributed by atoms with Gasteiger partial charge in [0.25, 0.3) is 0 Å². The summed E-state index contributed by atoms with van der Waals surface area (Å²) in [6.45, 7) is 3.15. The molecule has 2 rings (SSSR count). The monoisotopic (exact) mass is 275 g/mol. The summed E-state index contributed by atoms with van der Waals surface area (Å²) in [5, 5.41) is 6.30. The Kier molecular flexibility index (Phi) is 5.99. The molecule has 0 spiro atoms. The molecular weight excluding hydrogens is 250 g/mol. The lowest BCUT2D eigenvalue weighted by Crippen LogP contribution is -2.41. The highest BCUT2D eigenvalue weighted by Crippen LogP contribution is 2.17. The lowest BCUT2D eigenvalue weighted by Gasteiger charge is -2.22. The summed E-state index contributed by atoms with van der Waals surface area (Å²) in [5.74, 6) is 0.103. The minimum Gasteiger partial charge on any atom is -0.352 e. The highest BCUT2D eigenvalue weighted by atomic mass is 16.1. The Balaban J connectivity index is 1.70. The van der Waals surface area contributed by atoms with Crippen molar-refractivity contribution in [3.63, 3.8) is 0 Å². The molecule has 0 aliphatic heterocycles. The first-order valence-corrected chi connectivity index (χ1v) is 7.72. The molecular formula is C16H25N3O. The van der Waals surface area contributed by atoms with Crippen LogP contribution in [-0.2, 0) is 17.8 Å². The van der Waals surface area contributed by atoms with E-state index in [1.807, 2.05) is 6.07 Å². The number of carbonyl (C=O) groups excluding carboxylic acids is 1. The van der Waals surface area contributed by atoms with Gasteiger partial charge in [-0.2, -0.15) is 0 Å². The van der Waals surface area contributed by atoms with Gasteiger partial charge in [0.05, 0.1) is 12.2 Å². The fourth-order valence-electron chi connectivity index (χ4n) is 2.77. The van der Waals surface area contributed by atoms with Crippen LogP contribution in [0.15, 0.2) is 18.3 Å². The molecule has 4 nitrogen and oxygen atoms in total. The van der Waals surface area contributed by atoms with Crippen LogP contribution in [0.2, 0.25) is 0 Å². The van der Waals surface area contributed by atoms with Crippen molar-refractivity contribution in [1.82, 2.24) is 15.6 Å². The average Bonchev–Trinajstić information content (AvgIpc) is 2.49. The van der Waals surface area contributed by atoms with Gasteiger partial charge in [0.2, 0.25) is 5.91 Å². The van der Waals surface area contributed by atoms with Gasteiger partial charge in [-0.05, 0) is 30.9 Å². The zero-order chi connectivity index (χ0) is 14.2. The highest BCUT2D eigenvalue weighted by Gasteiger charge is 2.15. The summed E-state index contributed by atoms with van der Waals surface area (Å²) in [6, 6.07) is 4.43. The van der Waals surface area contributed by atoms with Crippen LogP contribution in [0, 0.1) is 0 Å². The van der Waals surface area contributed by atoms with Gasteiger partial charge < -0.3 is 10.6 Å². The second kappa shape index (κ2) is 8.00. The van der Waals surface area contributed by atoms with Gasteiger partial charge >= 0.3 is 0 Å². The number of nitrogens with one attached hydrogen (secondary N) is 2. The first-order valence-electron chi connectivity index (χ1n) is 7.72. The van der Waals surface area contributed by atoms with Crippen molar-refractivity contribution in [3.05, 3.63) is 29.6 Å². The fraction of sp³-hybridized carbons (Fsp3) is 0.625. The van der Waals surface area contributed by atoms with E-state index in [1.165, 1.54) is 24.8 Å². The third-order valence-corrected chi connectivity index (χ3v) is 3.91. The van der Waals surface area contributed by atoms with Crippen LogP contribution in [0.5, 0.6) is 0 Å².